The molecule has 0 aliphatic carbocycles. The number of para-hydroxylation sites is 1. The molecule has 208 valence electrons. The number of ether oxygens (including phenoxy) is 3. The van der Waals surface area contributed by atoms with Crippen molar-refractivity contribution in [3.05, 3.63) is 99.3 Å². The maximum Gasteiger partial charge on any atom is 0.346 e. The van der Waals surface area contributed by atoms with Crippen LogP contribution < -0.4 is 15.0 Å². The quantitative estimate of drug-likeness (QED) is 0.111. The van der Waals surface area contributed by atoms with Gasteiger partial charge in [0.2, 0.25) is 5.82 Å². The molecule has 0 N–H and O–H groups in total. The Hall–Kier alpha value is -4.70. The normalized spacial score (nSPS) is 12.1. The van der Waals surface area contributed by atoms with E-state index in [0.29, 0.717) is 51.3 Å². The first-order valence-corrected chi connectivity index (χ1v) is 13.4. The first-order valence-electron chi connectivity index (χ1n) is 12.6. The molecule has 1 atom stereocenters. The minimum absolute atomic E-state index is 0.252. The number of carbonyl (C=O) groups excluding carboxylic acids is 1. The van der Waals surface area contributed by atoms with E-state index in [4.69, 9.17) is 23.6 Å². The Morgan fingerprint density at radius 1 is 1.17 bits per heavy atom. The number of nitrogens with zero attached hydrogens (tertiary/aromatic N) is 3. The van der Waals surface area contributed by atoms with Gasteiger partial charge in [0, 0.05) is 15.4 Å². The fraction of sp³-hybridized carbons (Fsp3) is 0.161. The molecule has 0 bridgehead atoms. The van der Waals surface area contributed by atoms with Crippen molar-refractivity contribution in [2.75, 3.05) is 14.2 Å². The average molecular weight is 616 g/mol. The van der Waals surface area contributed by atoms with E-state index < -0.39 is 12.1 Å². The third kappa shape index (κ3) is 5.64. The van der Waals surface area contributed by atoms with E-state index in [1.54, 1.807) is 37.3 Å². The zero-order valence-electron chi connectivity index (χ0n) is 22.6. The standard InChI is InChI=1S/C31H26BrN3O6/c1-5-8-20-13-19(14-26(38-3)28(20)40-18(2)31(37)39-4)17-33-35-29(34-24-10-7-6-9-23(24)30(35)36)27-16-21-15-22(32)11-12-25(21)41-27/h5-7,9-18H,1,8H2,2-4H3/t18-/m0/s1. The van der Waals surface area contributed by atoms with Gasteiger partial charge in [-0.15, -0.1) is 6.58 Å². The number of rotatable bonds is 9. The summed E-state index contributed by atoms with van der Waals surface area (Å²) in [6, 6.07) is 18.1. The fourth-order valence-corrected chi connectivity index (χ4v) is 4.76. The number of hydrogen-bond acceptors (Lipinski definition) is 8. The number of halogens is 1. The largest absolute Gasteiger partial charge is 0.493 e. The molecule has 0 unspecified atom stereocenters. The van der Waals surface area contributed by atoms with Crippen LogP contribution in [-0.4, -0.2) is 42.2 Å². The molecule has 0 aliphatic rings. The fourth-order valence-electron chi connectivity index (χ4n) is 4.38. The first kappa shape index (κ1) is 27.9. The van der Waals surface area contributed by atoms with E-state index in [1.165, 1.54) is 25.1 Å². The third-order valence-electron chi connectivity index (χ3n) is 6.34. The summed E-state index contributed by atoms with van der Waals surface area (Å²) < 4.78 is 24.5. The molecule has 2 heterocycles. The lowest BCUT2D eigenvalue weighted by Gasteiger charge is -2.18. The van der Waals surface area contributed by atoms with E-state index in [1.807, 2.05) is 36.4 Å². The molecule has 0 fully saturated rings. The van der Waals surface area contributed by atoms with Crippen LogP contribution in [0.4, 0.5) is 0 Å². The summed E-state index contributed by atoms with van der Waals surface area (Å²) in [5.74, 6) is 0.900. The second-order valence-corrected chi connectivity index (χ2v) is 10.0. The Bertz CT molecular complexity index is 1870. The van der Waals surface area contributed by atoms with E-state index in [2.05, 4.69) is 27.6 Å². The van der Waals surface area contributed by atoms with Crippen LogP contribution in [0.15, 0.2) is 92.1 Å². The Labute approximate surface area is 243 Å². The Balaban J connectivity index is 1.64. The van der Waals surface area contributed by atoms with Gasteiger partial charge < -0.3 is 18.6 Å². The monoisotopic (exact) mass is 615 g/mol. The molecule has 5 aromatic rings. The lowest BCUT2D eigenvalue weighted by atomic mass is 10.1. The van der Waals surface area contributed by atoms with Crippen LogP contribution in [0, 0.1) is 0 Å². The lowest BCUT2D eigenvalue weighted by molar-refractivity contribution is -0.147. The van der Waals surface area contributed by atoms with Crippen LogP contribution in [0.25, 0.3) is 33.5 Å². The van der Waals surface area contributed by atoms with Gasteiger partial charge in [0.1, 0.15) is 5.58 Å². The van der Waals surface area contributed by atoms with Crippen LogP contribution in [0.2, 0.25) is 0 Å². The maximum absolute atomic E-state index is 13.6. The van der Waals surface area contributed by atoms with Crippen molar-refractivity contribution in [2.45, 2.75) is 19.4 Å². The minimum Gasteiger partial charge on any atom is -0.493 e. The van der Waals surface area contributed by atoms with Crippen LogP contribution in [-0.2, 0) is 16.0 Å². The van der Waals surface area contributed by atoms with Gasteiger partial charge in [-0.1, -0.05) is 34.1 Å². The summed E-state index contributed by atoms with van der Waals surface area (Å²) in [5.41, 5.74) is 2.15. The molecule has 0 spiro atoms. The molecular weight excluding hydrogens is 590 g/mol. The number of benzene rings is 3. The zero-order chi connectivity index (χ0) is 29.1. The molecule has 0 amide bonds. The van der Waals surface area contributed by atoms with Crippen molar-refractivity contribution < 1.29 is 23.4 Å². The average Bonchev–Trinajstić information content (AvgIpc) is 3.40. The molecule has 9 nitrogen and oxygen atoms in total. The summed E-state index contributed by atoms with van der Waals surface area (Å²) in [7, 11) is 2.80. The molecule has 3 aromatic carbocycles. The minimum atomic E-state index is -0.855. The van der Waals surface area contributed by atoms with Gasteiger partial charge in [-0.3, -0.25) is 4.79 Å². The highest BCUT2D eigenvalue weighted by molar-refractivity contribution is 9.10. The predicted molar refractivity (Wildman–Crippen MR) is 161 cm³/mol. The summed E-state index contributed by atoms with van der Waals surface area (Å²) in [6.45, 7) is 5.42. The summed E-state index contributed by atoms with van der Waals surface area (Å²) in [4.78, 5) is 30.3. The number of furan rings is 1. The van der Waals surface area contributed by atoms with Gasteiger partial charge in [-0.05, 0) is 67.4 Å². The summed E-state index contributed by atoms with van der Waals surface area (Å²) >= 11 is 3.48. The zero-order valence-corrected chi connectivity index (χ0v) is 24.2. The number of methoxy groups -OCH3 is 2. The Kier molecular flexibility index (Phi) is 8.02. The van der Waals surface area contributed by atoms with Gasteiger partial charge in [0.25, 0.3) is 5.56 Å². The highest BCUT2D eigenvalue weighted by atomic mass is 79.9. The van der Waals surface area contributed by atoms with E-state index >= 15 is 0 Å². The maximum atomic E-state index is 13.6. The summed E-state index contributed by atoms with van der Waals surface area (Å²) in [5, 5.41) is 5.81. The highest BCUT2D eigenvalue weighted by Crippen LogP contribution is 2.34. The molecule has 2 aromatic heterocycles. The Morgan fingerprint density at radius 2 is 1.98 bits per heavy atom. The number of esters is 1. The number of carbonyl (C=O) groups is 1. The number of hydrogen-bond donors (Lipinski definition) is 0. The number of allylic oxidation sites excluding steroid dienone is 1. The molecule has 0 aliphatic heterocycles. The predicted octanol–water partition coefficient (Wildman–Crippen LogP) is 6.13. The highest BCUT2D eigenvalue weighted by Gasteiger charge is 2.21. The Morgan fingerprint density at radius 3 is 2.73 bits per heavy atom. The van der Waals surface area contributed by atoms with E-state index in [-0.39, 0.29) is 11.4 Å². The second-order valence-electron chi connectivity index (χ2n) is 9.09. The van der Waals surface area contributed by atoms with Gasteiger partial charge in [-0.2, -0.15) is 9.78 Å². The molecular formula is C31H26BrN3O6. The smallest absolute Gasteiger partial charge is 0.346 e. The van der Waals surface area contributed by atoms with Crippen LogP contribution in [0.5, 0.6) is 11.5 Å². The van der Waals surface area contributed by atoms with E-state index in [9.17, 15) is 9.59 Å². The van der Waals surface area contributed by atoms with Crippen molar-refractivity contribution in [1.29, 1.82) is 0 Å². The van der Waals surface area contributed by atoms with E-state index in [0.717, 1.165) is 9.86 Å². The lowest BCUT2D eigenvalue weighted by Crippen LogP contribution is -2.25. The van der Waals surface area contributed by atoms with Crippen molar-refractivity contribution in [2.24, 2.45) is 5.10 Å². The van der Waals surface area contributed by atoms with Crippen LogP contribution in [0.1, 0.15) is 18.1 Å². The van der Waals surface area contributed by atoms with Gasteiger partial charge in [0.15, 0.2) is 23.4 Å². The molecule has 0 saturated carbocycles. The van der Waals surface area contributed by atoms with Crippen LogP contribution in [0.3, 0.4) is 0 Å². The van der Waals surface area contributed by atoms with Crippen molar-refractivity contribution in [3.8, 4) is 23.1 Å². The SMILES string of the molecule is C=CCc1cc(C=Nn2c(-c3cc4cc(Br)ccc4o3)nc3ccccc3c2=O)cc(OC)c1O[C@@H](C)C(=O)OC. The number of aromatic nitrogens is 2. The number of fused-ring (bicyclic) bond motifs is 2. The molecule has 10 heteroatoms. The topological polar surface area (TPSA) is 105 Å². The van der Waals surface area contributed by atoms with Crippen molar-refractivity contribution >= 4 is 50.0 Å². The van der Waals surface area contributed by atoms with Crippen molar-refractivity contribution in [1.82, 2.24) is 9.66 Å². The van der Waals surface area contributed by atoms with Crippen LogP contribution >= 0.6 is 15.9 Å². The van der Waals surface area contributed by atoms with Crippen molar-refractivity contribution in [3.63, 3.8) is 0 Å². The molecule has 41 heavy (non-hydrogen) atoms. The van der Waals surface area contributed by atoms with Gasteiger partial charge >= 0.3 is 5.97 Å². The summed E-state index contributed by atoms with van der Waals surface area (Å²) in [6.07, 6.45) is 2.81. The van der Waals surface area contributed by atoms with Gasteiger partial charge in [0.05, 0.1) is 31.3 Å². The van der Waals surface area contributed by atoms with Gasteiger partial charge in [-0.25, -0.2) is 9.78 Å². The molecule has 5 rings (SSSR count). The first-order chi connectivity index (χ1) is 19.8. The molecule has 0 saturated heterocycles. The second kappa shape index (κ2) is 11.8. The third-order valence-corrected chi connectivity index (χ3v) is 6.83. The molecule has 0 radical (unpaired) electrons.